The summed E-state index contributed by atoms with van der Waals surface area (Å²) in [4.78, 5) is 33.8. The molecule has 5 rings (SSSR count). The fourth-order valence-corrected chi connectivity index (χ4v) is 4.96. The molecule has 0 fully saturated rings. The number of aryl methyl sites for hydroxylation is 1. The molecule has 0 spiro atoms. The van der Waals surface area contributed by atoms with Crippen LogP contribution in [0.5, 0.6) is 0 Å². The van der Waals surface area contributed by atoms with E-state index in [9.17, 15) is 36.6 Å². The molecule has 0 saturated carbocycles. The first kappa shape index (κ1) is 34.9. The number of carbonyl (C=O) groups is 2. The molecule has 0 atom stereocenters. The maximum Gasteiger partial charge on any atom is 0.459 e. The summed E-state index contributed by atoms with van der Waals surface area (Å²) < 4.78 is 69.2. The fourth-order valence-electron chi connectivity index (χ4n) is 4.96. The van der Waals surface area contributed by atoms with E-state index in [1.54, 1.807) is 55.5 Å². The van der Waals surface area contributed by atoms with Gasteiger partial charge in [-0.05, 0) is 46.0 Å². The summed E-state index contributed by atoms with van der Waals surface area (Å²) in [6, 6.07) is 19.3. The lowest BCUT2D eigenvalue weighted by atomic mass is 9.98. The highest BCUT2D eigenvalue weighted by Crippen LogP contribution is 2.45. The Morgan fingerprint density at radius 2 is 1.53 bits per heavy atom. The molecule has 0 bridgehead atoms. The van der Waals surface area contributed by atoms with Crippen molar-refractivity contribution in [2.75, 3.05) is 0 Å². The second kappa shape index (κ2) is 14.0. The lowest BCUT2D eigenvalue weighted by Gasteiger charge is -2.18. The SMILES string of the molecule is CCCc1nc(C(F)(F)C(F)(F)F)c(C(=O)O)n1Cc1ccc(-c2ccccc2-c2nnn(C(=O)c3ccc(CON(O)O)cc3)n2)cc1. The van der Waals surface area contributed by atoms with Crippen LogP contribution in [-0.4, -0.2) is 68.7 Å². The zero-order valence-electron chi connectivity index (χ0n) is 25.3. The van der Waals surface area contributed by atoms with Gasteiger partial charge < -0.3 is 9.67 Å². The molecular formula is C31H26F5N7O6. The maximum atomic E-state index is 14.4. The van der Waals surface area contributed by atoms with E-state index < -0.39 is 40.8 Å². The van der Waals surface area contributed by atoms with Gasteiger partial charge in [0.1, 0.15) is 5.82 Å². The molecule has 13 nitrogen and oxygen atoms in total. The topological polar surface area (TPSA) is 169 Å². The van der Waals surface area contributed by atoms with E-state index in [-0.39, 0.29) is 36.8 Å². The number of benzene rings is 3. The Balaban J connectivity index is 1.40. The number of carboxylic acid groups (broad SMARTS) is 1. The fraction of sp³-hybridized carbons (Fsp3) is 0.226. The molecule has 0 aliphatic rings. The van der Waals surface area contributed by atoms with Crippen LogP contribution < -0.4 is 0 Å². The van der Waals surface area contributed by atoms with Crippen LogP contribution in [-0.2, 0) is 30.3 Å². The minimum absolute atomic E-state index is 0.0375. The molecule has 0 aliphatic carbocycles. The molecule has 2 heterocycles. The standard InChI is InChI=1S/C31H26F5N7O6/c1-2-5-24-37-26(30(32,33)31(34,35)36)25(29(45)46)41(24)16-18-8-12-20(13-9-18)22-6-3-4-7-23(22)27-38-40-42(39-27)28(44)21-14-10-19(11-15-21)17-49-43(47)48/h3-4,6-15,47-48H,2,5,16-17H2,1H3,(H,45,46). The Labute approximate surface area is 273 Å². The average Bonchev–Trinajstić information content (AvgIpc) is 3.70. The van der Waals surface area contributed by atoms with Crippen LogP contribution in [0.4, 0.5) is 22.0 Å². The van der Waals surface area contributed by atoms with Crippen molar-refractivity contribution in [3.63, 3.8) is 0 Å². The third kappa shape index (κ3) is 7.36. The Kier molecular flexibility index (Phi) is 9.95. The average molecular weight is 688 g/mol. The summed E-state index contributed by atoms with van der Waals surface area (Å²) >= 11 is 0. The van der Waals surface area contributed by atoms with Crippen molar-refractivity contribution in [1.82, 2.24) is 35.1 Å². The lowest BCUT2D eigenvalue weighted by Crippen LogP contribution is -2.35. The molecule has 3 aromatic carbocycles. The van der Waals surface area contributed by atoms with Crippen LogP contribution in [0.25, 0.3) is 22.5 Å². The first-order chi connectivity index (χ1) is 23.2. The summed E-state index contributed by atoms with van der Waals surface area (Å²) in [7, 11) is 0. The van der Waals surface area contributed by atoms with E-state index >= 15 is 0 Å². The number of rotatable bonds is 12. The summed E-state index contributed by atoms with van der Waals surface area (Å²) in [5.41, 5.74) is -0.229. The monoisotopic (exact) mass is 687 g/mol. The van der Waals surface area contributed by atoms with E-state index in [2.05, 4.69) is 25.2 Å². The highest BCUT2D eigenvalue weighted by Gasteiger charge is 2.62. The van der Waals surface area contributed by atoms with Gasteiger partial charge in [0.2, 0.25) is 5.82 Å². The number of aromatic carboxylic acids is 1. The number of tetrazole rings is 1. The van der Waals surface area contributed by atoms with Crippen LogP contribution in [0.1, 0.15) is 56.8 Å². The van der Waals surface area contributed by atoms with Crippen molar-refractivity contribution >= 4 is 11.9 Å². The number of hydrogen-bond acceptors (Lipinski definition) is 10. The Morgan fingerprint density at radius 3 is 2.12 bits per heavy atom. The van der Waals surface area contributed by atoms with Gasteiger partial charge in [-0.15, -0.1) is 10.2 Å². The second-order valence-electron chi connectivity index (χ2n) is 10.6. The Morgan fingerprint density at radius 1 is 0.898 bits per heavy atom. The van der Waals surface area contributed by atoms with Crippen molar-refractivity contribution in [2.24, 2.45) is 0 Å². The van der Waals surface area contributed by atoms with Gasteiger partial charge in [0.15, 0.2) is 11.4 Å². The molecule has 256 valence electrons. The number of hydrogen-bond donors (Lipinski definition) is 3. The molecule has 0 amide bonds. The minimum Gasteiger partial charge on any atom is -0.477 e. The summed E-state index contributed by atoms with van der Waals surface area (Å²) in [6.07, 6.45) is -5.77. The highest BCUT2D eigenvalue weighted by atomic mass is 19.4. The van der Waals surface area contributed by atoms with Gasteiger partial charge >= 0.3 is 18.1 Å². The predicted octanol–water partition coefficient (Wildman–Crippen LogP) is 5.76. The molecule has 0 radical (unpaired) electrons. The summed E-state index contributed by atoms with van der Waals surface area (Å²) in [5.74, 6) is -8.16. The van der Waals surface area contributed by atoms with E-state index in [0.717, 1.165) is 9.36 Å². The first-order valence-corrected chi connectivity index (χ1v) is 14.4. The Bertz CT molecular complexity index is 1960. The number of aromatic nitrogens is 6. The largest absolute Gasteiger partial charge is 0.477 e. The van der Waals surface area contributed by atoms with Crippen molar-refractivity contribution < 1.29 is 51.9 Å². The van der Waals surface area contributed by atoms with Gasteiger partial charge in [0, 0.05) is 24.1 Å². The van der Waals surface area contributed by atoms with Crippen molar-refractivity contribution in [2.45, 2.75) is 45.0 Å². The molecule has 0 aliphatic heterocycles. The predicted molar refractivity (Wildman–Crippen MR) is 157 cm³/mol. The number of carbonyl (C=O) groups excluding carboxylic acids is 1. The van der Waals surface area contributed by atoms with Crippen LogP contribution in [0.3, 0.4) is 0 Å². The molecule has 0 saturated heterocycles. The molecule has 3 N–H and O–H groups in total. The van der Waals surface area contributed by atoms with Crippen molar-refractivity contribution in [3.8, 4) is 22.5 Å². The molecule has 18 heteroatoms. The highest BCUT2D eigenvalue weighted by molar-refractivity contribution is 5.95. The second-order valence-corrected chi connectivity index (χ2v) is 10.6. The summed E-state index contributed by atoms with van der Waals surface area (Å²) in [5, 5.41) is 38.7. The van der Waals surface area contributed by atoms with Crippen LogP contribution in [0.2, 0.25) is 0 Å². The third-order valence-electron chi connectivity index (χ3n) is 7.29. The van der Waals surface area contributed by atoms with Gasteiger partial charge in [0.05, 0.1) is 12.0 Å². The maximum absolute atomic E-state index is 14.4. The summed E-state index contributed by atoms with van der Waals surface area (Å²) in [6.45, 7) is 1.14. The van der Waals surface area contributed by atoms with Gasteiger partial charge in [-0.1, -0.05) is 72.4 Å². The number of alkyl halides is 5. The molecule has 49 heavy (non-hydrogen) atoms. The zero-order chi connectivity index (χ0) is 35.5. The van der Waals surface area contributed by atoms with E-state index in [1.807, 2.05) is 0 Å². The van der Waals surface area contributed by atoms with Crippen LogP contribution in [0, 0.1) is 0 Å². The minimum atomic E-state index is -6.05. The zero-order valence-corrected chi connectivity index (χ0v) is 25.3. The molecular weight excluding hydrogens is 661 g/mol. The van der Waals surface area contributed by atoms with Gasteiger partial charge in [-0.25, -0.2) is 14.6 Å². The van der Waals surface area contributed by atoms with E-state index in [4.69, 9.17) is 10.4 Å². The number of imidazole rings is 1. The Hall–Kier alpha value is -5.43. The normalized spacial score (nSPS) is 12.1. The van der Waals surface area contributed by atoms with Crippen molar-refractivity contribution in [3.05, 3.63) is 107 Å². The van der Waals surface area contributed by atoms with Gasteiger partial charge in [-0.2, -0.15) is 22.0 Å². The number of nitrogens with zero attached hydrogens (tertiary/aromatic N) is 7. The van der Waals surface area contributed by atoms with Crippen LogP contribution in [0.15, 0.2) is 72.8 Å². The van der Waals surface area contributed by atoms with E-state index in [1.165, 1.54) is 24.3 Å². The molecule has 0 unspecified atom stereocenters. The first-order valence-electron chi connectivity index (χ1n) is 14.4. The van der Waals surface area contributed by atoms with Gasteiger partial charge in [0.25, 0.3) is 5.91 Å². The van der Waals surface area contributed by atoms with Gasteiger partial charge in [-0.3, -0.25) is 15.2 Å². The third-order valence-corrected chi connectivity index (χ3v) is 7.29. The molecule has 5 aromatic rings. The lowest BCUT2D eigenvalue weighted by molar-refractivity contribution is -0.497. The number of carboxylic acids is 1. The number of halogens is 5. The quantitative estimate of drug-likeness (QED) is 0.108. The van der Waals surface area contributed by atoms with Crippen molar-refractivity contribution in [1.29, 1.82) is 0 Å². The van der Waals surface area contributed by atoms with Crippen LogP contribution >= 0.6 is 0 Å². The van der Waals surface area contributed by atoms with E-state index in [0.29, 0.717) is 34.2 Å². The molecule has 2 aromatic heterocycles. The smallest absolute Gasteiger partial charge is 0.459 e.